The Morgan fingerprint density at radius 3 is 2.87 bits per heavy atom. The molecule has 126 valence electrons. The second kappa shape index (κ2) is 6.52. The lowest BCUT2D eigenvalue weighted by atomic mass is 9.76. The van der Waals surface area contributed by atoms with Crippen LogP contribution in [0, 0.1) is 19.3 Å². The van der Waals surface area contributed by atoms with E-state index in [9.17, 15) is 9.90 Å². The molecule has 4 heteroatoms. The van der Waals surface area contributed by atoms with E-state index >= 15 is 0 Å². The third-order valence-electron chi connectivity index (χ3n) is 5.73. The van der Waals surface area contributed by atoms with Gasteiger partial charge in [0, 0.05) is 18.5 Å². The molecule has 23 heavy (non-hydrogen) atoms. The van der Waals surface area contributed by atoms with Crippen LogP contribution in [0.15, 0.2) is 18.2 Å². The van der Waals surface area contributed by atoms with Crippen LogP contribution in [0.2, 0.25) is 0 Å². The van der Waals surface area contributed by atoms with E-state index < -0.39 is 0 Å². The van der Waals surface area contributed by atoms with Gasteiger partial charge in [-0.15, -0.1) is 0 Å². The fraction of sp³-hybridized carbons (Fsp3) is 0.632. The van der Waals surface area contributed by atoms with Gasteiger partial charge in [-0.25, -0.2) is 0 Å². The number of rotatable bonds is 3. The van der Waals surface area contributed by atoms with E-state index in [1.807, 2.05) is 36.9 Å². The fourth-order valence-electron chi connectivity index (χ4n) is 4.08. The van der Waals surface area contributed by atoms with Gasteiger partial charge in [0.25, 0.3) is 5.91 Å². The largest absolute Gasteiger partial charge is 0.483 e. The maximum atomic E-state index is 12.5. The molecule has 1 aromatic rings. The summed E-state index contributed by atoms with van der Waals surface area (Å²) in [6, 6.07) is 5.90. The van der Waals surface area contributed by atoms with Crippen molar-refractivity contribution in [3.63, 3.8) is 0 Å². The number of aliphatic hydroxyl groups is 1. The molecule has 4 nitrogen and oxygen atoms in total. The Bertz CT molecular complexity index is 586. The standard InChI is InChI=1S/C19H27NO3/c1-14-6-3-7-16(15(14)2)23-12-18(22)20-11-5-10-19(13-20)9-4-8-17(19)21/h3,6-7,17,21H,4-5,8-13H2,1-2H3/t17-,19+/m1/s1. The third-order valence-corrected chi connectivity index (χ3v) is 5.73. The van der Waals surface area contributed by atoms with Gasteiger partial charge in [-0.05, 0) is 56.7 Å². The fourth-order valence-corrected chi connectivity index (χ4v) is 4.08. The number of amides is 1. The van der Waals surface area contributed by atoms with Crippen molar-refractivity contribution in [2.45, 2.75) is 52.1 Å². The smallest absolute Gasteiger partial charge is 0.260 e. The van der Waals surface area contributed by atoms with Gasteiger partial charge in [-0.2, -0.15) is 0 Å². The summed E-state index contributed by atoms with van der Waals surface area (Å²) in [5, 5.41) is 10.3. The Hall–Kier alpha value is -1.55. The van der Waals surface area contributed by atoms with E-state index in [4.69, 9.17) is 4.74 Å². The summed E-state index contributed by atoms with van der Waals surface area (Å²) >= 11 is 0. The highest BCUT2D eigenvalue weighted by molar-refractivity contribution is 5.78. The minimum Gasteiger partial charge on any atom is -0.483 e. The zero-order chi connectivity index (χ0) is 16.4. The van der Waals surface area contributed by atoms with Crippen molar-refractivity contribution in [3.8, 4) is 5.75 Å². The normalized spacial score (nSPS) is 27.4. The zero-order valence-electron chi connectivity index (χ0n) is 14.2. The first kappa shape index (κ1) is 16.3. The molecule has 1 amide bonds. The molecular formula is C19H27NO3. The second-order valence-electron chi connectivity index (χ2n) is 7.18. The number of aryl methyl sites for hydroxylation is 1. The molecule has 1 aliphatic heterocycles. The Morgan fingerprint density at radius 1 is 1.35 bits per heavy atom. The van der Waals surface area contributed by atoms with Crippen molar-refractivity contribution in [2.75, 3.05) is 19.7 Å². The summed E-state index contributed by atoms with van der Waals surface area (Å²) in [5.41, 5.74) is 2.19. The number of benzene rings is 1. The lowest BCUT2D eigenvalue weighted by molar-refractivity contribution is -0.138. The van der Waals surface area contributed by atoms with Gasteiger partial charge in [0.1, 0.15) is 5.75 Å². The monoisotopic (exact) mass is 317 g/mol. The average Bonchev–Trinajstić information content (AvgIpc) is 2.89. The molecule has 0 aromatic heterocycles. The van der Waals surface area contributed by atoms with Crippen LogP contribution in [0.5, 0.6) is 5.75 Å². The van der Waals surface area contributed by atoms with Crippen LogP contribution in [-0.4, -0.2) is 41.7 Å². The van der Waals surface area contributed by atoms with E-state index in [1.165, 1.54) is 5.56 Å². The summed E-state index contributed by atoms with van der Waals surface area (Å²) in [4.78, 5) is 14.4. The second-order valence-corrected chi connectivity index (χ2v) is 7.18. The summed E-state index contributed by atoms with van der Waals surface area (Å²) < 4.78 is 5.76. The van der Waals surface area contributed by atoms with Crippen molar-refractivity contribution >= 4 is 5.91 Å². The molecule has 0 unspecified atom stereocenters. The highest BCUT2D eigenvalue weighted by Crippen LogP contribution is 2.45. The highest BCUT2D eigenvalue weighted by Gasteiger charge is 2.45. The first-order valence-electron chi connectivity index (χ1n) is 8.67. The molecule has 1 saturated heterocycles. The Morgan fingerprint density at radius 2 is 2.13 bits per heavy atom. The molecule has 2 atom stereocenters. The SMILES string of the molecule is Cc1cccc(OCC(=O)N2CCC[C@@]3(CCC[C@H]3O)C2)c1C. The lowest BCUT2D eigenvalue weighted by Crippen LogP contribution is -2.50. The maximum Gasteiger partial charge on any atom is 0.260 e. The van der Waals surface area contributed by atoms with Crippen LogP contribution < -0.4 is 4.74 Å². The average molecular weight is 317 g/mol. The number of nitrogens with zero attached hydrogens (tertiary/aromatic N) is 1. The molecule has 0 radical (unpaired) electrons. The van der Waals surface area contributed by atoms with Crippen molar-refractivity contribution in [1.29, 1.82) is 0 Å². The van der Waals surface area contributed by atoms with Crippen molar-refractivity contribution in [1.82, 2.24) is 4.90 Å². The molecule has 1 aliphatic carbocycles. The number of piperidine rings is 1. The number of likely N-dealkylation sites (tertiary alicyclic amines) is 1. The minimum atomic E-state index is -0.252. The minimum absolute atomic E-state index is 0.0316. The summed E-state index contributed by atoms with van der Waals surface area (Å²) in [7, 11) is 0. The van der Waals surface area contributed by atoms with E-state index in [1.54, 1.807) is 0 Å². The van der Waals surface area contributed by atoms with Gasteiger partial charge >= 0.3 is 0 Å². The number of carbonyl (C=O) groups is 1. The van der Waals surface area contributed by atoms with E-state index in [0.717, 1.165) is 50.0 Å². The quantitative estimate of drug-likeness (QED) is 0.932. The summed E-state index contributed by atoms with van der Waals surface area (Å²) in [6.07, 6.45) is 4.75. The number of ether oxygens (including phenoxy) is 1. The molecule has 2 aliphatic rings. The van der Waals surface area contributed by atoms with Crippen molar-refractivity contribution in [2.24, 2.45) is 5.41 Å². The molecule has 1 saturated carbocycles. The van der Waals surface area contributed by atoms with Gasteiger partial charge in [-0.1, -0.05) is 18.6 Å². The van der Waals surface area contributed by atoms with E-state index in [2.05, 4.69) is 0 Å². The summed E-state index contributed by atoms with van der Waals surface area (Å²) in [5.74, 6) is 0.815. The lowest BCUT2D eigenvalue weighted by Gasteiger charge is -2.42. The van der Waals surface area contributed by atoms with Crippen LogP contribution in [0.1, 0.15) is 43.2 Å². The van der Waals surface area contributed by atoms with Gasteiger partial charge in [-0.3, -0.25) is 4.79 Å². The molecule has 1 heterocycles. The Labute approximate surface area is 138 Å². The number of carbonyl (C=O) groups excluding carboxylic acids is 1. The molecule has 0 bridgehead atoms. The van der Waals surface area contributed by atoms with E-state index in [0.29, 0.717) is 6.54 Å². The van der Waals surface area contributed by atoms with Gasteiger partial charge in [0.2, 0.25) is 0 Å². The van der Waals surface area contributed by atoms with Gasteiger partial charge in [0.05, 0.1) is 6.10 Å². The molecule has 3 rings (SSSR count). The highest BCUT2D eigenvalue weighted by atomic mass is 16.5. The van der Waals surface area contributed by atoms with Crippen LogP contribution in [0.25, 0.3) is 0 Å². The Kier molecular flexibility index (Phi) is 4.62. The van der Waals surface area contributed by atoms with Crippen LogP contribution in [-0.2, 0) is 4.79 Å². The van der Waals surface area contributed by atoms with Crippen molar-refractivity contribution < 1.29 is 14.6 Å². The molecule has 1 aromatic carbocycles. The predicted molar refractivity (Wildman–Crippen MR) is 89.5 cm³/mol. The topological polar surface area (TPSA) is 49.8 Å². The molecule has 1 spiro atoms. The van der Waals surface area contributed by atoms with Crippen LogP contribution >= 0.6 is 0 Å². The first-order chi connectivity index (χ1) is 11.0. The number of hydrogen-bond donors (Lipinski definition) is 1. The molecular weight excluding hydrogens is 290 g/mol. The maximum absolute atomic E-state index is 12.5. The third kappa shape index (κ3) is 3.23. The molecule has 1 N–H and O–H groups in total. The van der Waals surface area contributed by atoms with Crippen molar-refractivity contribution in [3.05, 3.63) is 29.3 Å². The van der Waals surface area contributed by atoms with Crippen LogP contribution in [0.3, 0.4) is 0 Å². The molecule has 2 fully saturated rings. The van der Waals surface area contributed by atoms with E-state index in [-0.39, 0.29) is 24.0 Å². The first-order valence-corrected chi connectivity index (χ1v) is 8.67. The number of aliphatic hydroxyl groups excluding tert-OH is 1. The van der Waals surface area contributed by atoms with Gasteiger partial charge < -0.3 is 14.7 Å². The van der Waals surface area contributed by atoms with Gasteiger partial charge in [0.15, 0.2) is 6.61 Å². The summed E-state index contributed by atoms with van der Waals surface area (Å²) in [6.45, 7) is 5.60. The number of hydrogen-bond acceptors (Lipinski definition) is 3. The predicted octanol–water partition coefficient (Wildman–Crippen LogP) is 2.84. The van der Waals surface area contributed by atoms with Crippen LogP contribution in [0.4, 0.5) is 0 Å². The Balaban J connectivity index is 1.61. The zero-order valence-corrected chi connectivity index (χ0v) is 14.2.